The van der Waals surface area contributed by atoms with Crippen LogP contribution in [0.25, 0.3) is 11.5 Å². The Kier molecular flexibility index (Phi) is 4.09. The highest BCUT2D eigenvalue weighted by Crippen LogP contribution is 2.30. The van der Waals surface area contributed by atoms with Crippen LogP contribution < -0.4 is 10.1 Å². The fourth-order valence-electron chi connectivity index (χ4n) is 2.54. The molecule has 2 aromatic carbocycles. The van der Waals surface area contributed by atoms with Crippen molar-refractivity contribution in [3.05, 3.63) is 59.4 Å². The lowest BCUT2D eigenvalue weighted by Crippen LogP contribution is -2.05. The quantitative estimate of drug-likeness (QED) is 0.724. The maximum absolute atomic E-state index is 14.5. The van der Waals surface area contributed by atoms with Gasteiger partial charge in [0.2, 0.25) is 5.89 Å². The smallest absolute Gasteiger partial charge is 0.316 e. The SMILES string of the molecule is Cc1ccccc1-c1nnc(NCc2cccc(OC3CC3)c2F)o1. The third-order valence-corrected chi connectivity index (χ3v) is 4.09. The number of rotatable bonds is 6. The second-order valence-corrected chi connectivity index (χ2v) is 6.13. The highest BCUT2D eigenvalue weighted by Gasteiger charge is 2.25. The maximum atomic E-state index is 14.5. The van der Waals surface area contributed by atoms with Gasteiger partial charge in [-0.3, -0.25) is 0 Å². The van der Waals surface area contributed by atoms with Gasteiger partial charge in [-0.1, -0.05) is 35.4 Å². The van der Waals surface area contributed by atoms with E-state index in [2.05, 4.69) is 15.5 Å². The van der Waals surface area contributed by atoms with E-state index in [0.29, 0.717) is 17.2 Å². The molecule has 0 radical (unpaired) electrons. The van der Waals surface area contributed by atoms with Crippen LogP contribution in [0.3, 0.4) is 0 Å². The number of nitrogens with zero attached hydrogens (tertiary/aromatic N) is 2. The summed E-state index contributed by atoms with van der Waals surface area (Å²) in [6.07, 6.45) is 2.14. The van der Waals surface area contributed by atoms with Crippen LogP contribution in [0.2, 0.25) is 0 Å². The van der Waals surface area contributed by atoms with Crippen molar-refractivity contribution in [3.63, 3.8) is 0 Å². The average Bonchev–Trinajstić information content (AvgIpc) is 3.31. The van der Waals surface area contributed by atoms with Crippen molar-refractivity contribution in [2.45, 2.75) is 32.4 Å². The van der Waals surface area contributed by atoms with Gasteiger partial charge in [0.05, 0.1) is 6.10 Å². The molecule has 6 heteroatoms. The molecule has 1 aliphatic rings. The standard InChI is InChI=1S/C19H18FN3O2/c1-12-5-2-3-7-15(12)18-22-23-19(25-18)21-11-13-6-4-8-16(17(13)20)24-14-9-10-14/h2-8,14H,9-11H2,1H3,(H,21,23). The summed E-state index contributed by atoms with van der Waals surface area (Å²) < 4.78 is 25.7. The number of anilines is 1. The number of benzene rings is 2. The second kappa shape index (κ2) is 6.55. The first-order valence-electron chi connectivity index (χ1n) is 8.28. The Morgan fingerprint density at radius 3 is 2.80 bits per heavy atom. The van der Waals surface area contributed by atoms with Crippen molar-refractivity contribution in [2.24, 2.45) is 0 Å². The minimum Gasteiger partial charge on any atom is -0.487 e. The lowest BCUT2D eigenvalue weighted by atomic mass is 10.1. The van der Waals surface area contributed by atoms with Gasteiger partial charge in [-0.05, 0) is 37.5 Å². The van der Waals surface area contributed by atoms with E-state index < -0.39 is 0 Å². The Hall–Kier alpha value is -2.89. The summed E-state index contributed by atoms with van der Waals surface area (Å²) in [7, 11) is 0. The van der Waals surface area contributed by atoms with E-state index in [1.54, 1.807) is 18.2 Å². The van der Waals surface area contributed by atoms with Crippen molar-refractivity contribution in [1.82, 2.24) is 10.2 Å². The van der Waals surface area contributed by atoms with Gasteiger partial charge in [0.25, 0.3) is 0 Å². The average molecular weight is 339 g/mol. The molecule has 3 aromatic rings. The van der Waals surface area contributed by atoms with Gasteiger partial charge in [0.1, 0.15) is 0 Å². The van der Waals surface area contributed by atoms with Crippen molar-refractivity contribution in [3.8, 4) is 17.2 Å². The van der Waals surface area contributed by atoms with Gasteiger partial charge in [-0.25, -0.2) is 4.39 Å². The minimum atomic E-state index is -0.347. The molecule has 0 unspecified atom stereocenters. The molecule has 0 saturated heterocycles. The molecule has 1 N–H and O–H groups in total. The van der Waals surface area contributed by atoms with Gasteiger partial charge >= 0.3 is 6.01 Å². The second-order valence-electron chi connectivity index (χ2n) is 6.13. The number of hydrogen-bond donors (Lipinski definition) is 1. The summed E-state index contributed by atoms with van der Waals surface area (Å²) in [5, 5.41) is 11.0. The number of hydrogen-bond acceptors (Lipinski definition) is 5. The van der Waals surface area contributed by atoms with Crippen molar-refractivity contribution < 1.29 is 13.5 Å². The fourth-order valence-corrected chi connectivity index (χ4v) is 2.54. The summed E-state index contributed by atoms with van der Waals surface area (Å²) in [6.45, 7) is 2.22. The predicted molar refractivity (Wildman–Crippen MR) is 91.8 cm³/mol. The third-order valence-electron chi connectivity index (χ3n) is 4.09. The van der Waals surface area contributed by atoms with E-state index in [-0.39, 0.29) is 24.5 Å². The summed E-state index contributed by atoms with van der Waals surface area (Å²) >= 11 is 0. The van der Waals surface area contributed by atoms with Crippen LogP contribution in [-0.4, -0.2) is 16.3 Å². The Bertz CT molecular complexity index is 890. The van der Waals surface area contributed by atoms with E-state index in [9.17, 15) is 4.39 Å². The van der Waals surface area contributed by atoms with Crippen LogP contribution in [0.15, 0.2) is 46.9 Å². The van der Waals surface area contributed by atoms with E-state index >= 15 is 0 Å². The summed E-state index contributed by atoms with van der Waals surface area (Å²) in [6, 6.07) is 13.2. The molecule has 1 aromatic heterocycles. The molecule has 1 saturated carbocycles. The summed E-state index contributed by atoms with van der Waals surface area (Å²) in [4.78, 5) is 0. The van der Waals surface area contributed by atoms with Crippen LogP contribution in [0, 0.1) is 12.7 Å². The normalized spacial score (nSPS) is 13.7. The monoisotopic (exact) mass is 339 g/mol. The first-order chi connectivity index (χ1) is 12.2. The molecule has 5 nitrogen and oxygen atoms in total. The highest BCUT2D eigenvalue weighted by atomic mass is 19.1. The van der Waals surface area contributed by atoms with Crippen LogP contribution in [0.1, 0.15) is 24.0 Å². The largest absolute Gasteiger partial charge is 0.487 e. The molecule has 0 amide bonds. The van der Waals surface area contributed by atoms with Gasteiger partial charge in [-0.2, -0.15) is 0 Å². The van der Waals surface area contributed by atoms with E-state index in [1.165, 1.54) is 0 Å². The van der Waals surface area contributed by atoms with E-state index in [1.807, 2.05) is 31.2 Å². The van der Waals surface area contributed by atoms with Gasteiger partial charge in [0.15, 0.2) is 11.6 Å². The molecule has 0 aliphatic heterocycles. The molecular weight excluding hydrogens is 321 g/mol. The summed E-state index contributed by atoms with van der Waals surface area (Å²) in [5.74, 6) is 0.389. The number of nitrogens with one attached hydrogen (secondary N) is 1. The van der Waals surface area contributed by atoms with Gasteiger partial charge in [-0.15, -0.1) is 5.10 Å². The molecule has 1 fully saturated rings. The fraction of sp³-hybridized carbons (Fsp3) is 0.263. The van der Waals surface area contributed by atoms with Crippen LogP contribution in [0.4, 0.5) is 10.4 Å². The van der Waals surface area contributed by atoms with E-state index in [4.69, 9.17) is 9.15 Å². The first kappa shape index (κ1) is 15.6. The van der Waals surface area contributed by atoms with Crippen molar-refractivity contribution >= 4 is 6.01 Å². The first-order valence-corrected chi connectivity index (χ1v) is 8.28. The zero-order chi connectivity index (χ0) is 17.2. The van der Waals surface area contributed by atoms with Crippen LogP contribution in [0.5, 0.6) is 5.75 Å². The predicted octanol–water partition coefficient (Wildman–Crippen LogP) is 4.34. The van der Waals surface area contributed by atoms with Crippen molar-refractivity contribution in [2.75, 3.05) is 5.32 Å². The minimum absolute atomic E-state index is 0.158. The molecule has 1 heterocycles. The zero-order valence-corrected chi connectivity index (χ0v) is 13.8. The number of aryl methyl sites for hydroxylation is 1. The highest BCUT2D eigenvalue weighted by molar-refractivity contribution is 5.58. The van der Waals surface area contributed by atoms with Gasteiger partial charge < -0.3 is 14.5 Å². The molecule has 0 spiro atoms. The molecule has 128 valence electrons. The topological polar surface area (TPSA) is 60.2 Å². The number of halogens is 1. The molecule has 25 heavy (non-hydrogen) atoms. The molecule has 4 rings (SSSR count). The molecule has 1 aliphatic carbocycles. The number of aromatic nitrogens is 2. The number of ether oxygens (including phenoxy) is 1. The molecule has 0 bridgehead atoms. The zero-order valence-electron chi connectivity index (χ0n) is 13.8. The van der Waals surface area contributed by atoms with E-state index in [0.717, 1.165) is 24.0 Å². The van der Waals surface area contributed by atoms with Crippen LogP contribution >= 0.6 is 0 Å². The van der Waals surface area contributed by atoms with Crippen molar-refractivity contribution in [1.29, 1.82) is 0 Å². The Balaban J connectivity index is 1.46. The third kappa shape index (κ3) is 3.47. The molecular formula is C19H18FN3O2. The maximum Gasteiger partial charge on any atom is 0.316 e. The molecule has 0 atom stereocenters. The lowest BCUT2D eigenvalue weighted by Gasteiger charge is -2.09. The lowest BCUT2D eigenvalue weighted by molar-refractivity contribution is 0.286. The van der Waals surface area contributed by atoms with Crippen LogP contribution in [-0.2, 0) is 6.54 Å². The van der Waals surface area contributed by atoms with Gasteiger partial charge in [0, 0.05) is 17.7 Å². The summed E-state index contributed by atoms with van der Waals surface area (Å²) in [5.41, 5.74) is 2.43. The Labute approximate surface area is 144 Å². The Morgan fingerprint density at radius 1 is 1.16 bits per heavy atom. The Morgan fingerprint density at radius 2 is 2.00 bits per heavy atom.